The molecule has 0 amide bonds. The Morgan fingerprint density at radius 3 is 1.93 bits per heavy atom. The van der Waals surface area contributed by atoms with E-state index in [0.717, 1.165) is 19.1 Å². The van der Waals surface area contributed by atoms with Crippen LogP contribution in [0.25, 0.3) is 0 Å². The van der Waals surface area contributed by atoms with Crippen LogP contribution >= 0.6 is 0 Å². The van der Waals surface area contributed by atoms with E-state index in [4.69, 9.17) is 13.7 Å². The van der Waals surface area contributed by atoms with Crippen LogP contribution in [0.2, 0.25) is 0 Å². The van der Waals surface area contributed by atoms with Gasteiger partial charge in [0.1, 0.15) is 6.10 Å². The average Bonchev–Trinajstić information content (AvgIpc) is 2.57. The van der Waals surface area contributed by atoms with Gasteiger partial charge in [0.25, 0.3) is 10.1 Å². The summed E-state index contributed by atoms with van der Waals surface area (Å²) in [5, 5.41) is 0. The number of unbranched alkanes of at least 4 members (excludes halogenated alkanes) is 10. The number of rotatable bonds is 15. The second-order valence-corrected chi connectivity index (χ2v) is 10.5. The van der Waals surface area contributed by atoms with Crippen molar-refractivity contribution in [3.8, 4) is 0 Å². The minimum atomic E-state index is -3.49. The first-order valence-electron chi connectivity index (χ1n) is 11.4. The Labute approximate surface area is 174 Å². The van der Waals surface area contributed by atoms with Crippen molar-refractivity contribution in [1.82, 2.24) is 0 Å². The van der Waals surface area contributed by atoms with Gasteiger partial charge in [-0.15, -0.1) is 0 Å². The summed E-state index contributed by atoms with van der Waals surface area (Å²) in [7, 11) is -3.49. The standard InChI is InChI=1S/C22H44O5S/c1-6-7-8-9-10-11-12-13-14-15-16-17-20-18-21(26-22(3,4)25-20)19(2)27-28(5,23)24/h19-21H,6-18H2,1-5H3/t19-,20+,21+/m1/s1. The molecule has 0 bridgehead atoms. The highest BCUT2D eigenvalue weighted by atomic mass is 32.2. The fraction of sp³-hybridized carbons (Fsp3) is 1.00. The van der Waals surface area contributed by atoms with E-state index < -0.39 is 22.0 Å². The molecule has 0 aliphatic carbocycles. The molecule has 0 radical (unpaired) electrons. The highest BCUT2D eigenvalue weighted by molar-refractivity contribution is 7.86. The predicted molar refractivity (Wildman–Crippen MR) is 115 cm³/mol. The van der Waals surface area contributed by atoms with Crippen LogP contribution in [0.5, 0.6) is 0 Å². The molecule has 0 aromatic carbocycles. The predicted octanol–water partition coefficient (Wildman–Crippen LogP) is 5.96. The molecule has 1 fully saturated rings. The van der Waals surface area contributed by atoms with Crippen molar-refractivity contribution in [3.63, 3.8) is 0 Å². The third-order valence-electron chi connectivity index (χ3n) is 5.36. The maximum absolute atomic E-state index is 11.4. The molecule has 0 spiro atoms. The van der Waals surface area contributed by atoms with Gasteiger partial charge in [-0.2, -0.15) is 8.42 Å². The Bertz CT molecular complexity index is 503. The molecule has 6 heteroatoms. The molecule has 0 aromatic heterocycles. The van der Waals surface area contributed by atoms with E-state index in [-0.39, 0.29) is 12.2 Å². The summed E-state index contributed by atoms with van der Waals surface area (Å²) < 4.78 is 39.9. The van der Waals surface area contributed by atoms with Gasteiger partial charge in [0.15, 0.2) is 5.79 Å². The van der Waals surface area contributed by atoms with Crippen molar-refractivity contribution in [3.05, 3.63) is 0 Å². The molecule has 0 unspecified atom stereocenters. The first kappa shape index (κ1) is 25.9. The molecule has 3 atom stereocenters. The largest absolute Gasteiger partial charge is 0.347 e. The van der Waals surface area contributed by atoms with E-state index >= 15 is 0 Å². The fourth-order valence-corrected chi connectivity index (χ4v) is 4.66. The molecule has 0 aromatic rings. The molecule has 5 nitrogen and oxygen atoms in total. The summed E-state index contributed by atoms with van der Waals surface area (Å²) in [5.41, 5.74) is 0. The van der Waals surface area contributed by atoms with Crippen LogP contribution < -0.4 is 0 Å². The third kappa shape index (κ3) is 12.4. The highest BCUT2D eigenvalue weighted by Crippen LogP contribution is 2.32. The molecule has 0 saturated carbocycles. The van der Waals surface area contributed by atoms with Crippen molar-refractivity contribution >= 4 is 10.1 Å². The third-order valence-corrected chi connectivity index (χ3v) is 6.01. The van der Waals surface area contributed by atoms with Gasteiger partial charge in [0.2, 0.25) is 0 Å². The lowest BCUT2D eigenvalue weighted by Gasteiger charge is -2.42. The maximum Gasteiger partial charge on any atom is 0.264 e. The normalized spacial score (nSPS) is 23.6. The Morgan fingerprint density at radius 1 is 0.929 bits per heavy atom. The number of ether oxygens (including phenoxy) is 2. The molecule has 1 heterocycles. The van der Waals surface area contributed by atoms with Gasteiger partial charge in [0.05, 0.1) is 18.5 Å². The molecule has 1 aliphatic rings. The van der Waals surface area contributed by atoms with Crippen LogP contribution in [0.4, 0.5) is 0 Å². The van der Waals surface area contributed by atoms with Crippen LogP contribution in [-0.4, -0.2) is 38.8 Å². The van der Waals surface area contributed by atoms with Crippen molar-refractivity contribution in [1.29, 1.82) is 0 Å². The quantitative estimate of drug-likeness (QED) is 0.241. The summed E-state index contributed by atoms with van der Waals surface area (Å²) in [4.78, 5) is 0. The van der Waals surface area contributed by atoms with Crippen molar-refractivity contribution in [2.45, 2.75) is 135 Å². The van der Waals surface area contributed by atoms with E-state index in [0.29, 0.717) is 6.42 Å². The molecular formula is C22H44O5S. The number of hydrogen-bond acceptors (Lipinski definition) is 5. The first-order valence-corrected chi connectivity index (χ1v) is 13.2. The van der Waals surface area contributed by atoms with Gasteiger partial charge >= 0.3 is 0 Å². The monoisotopic (exact) mass is 420 g/mol. The summed E-state index contributed by atoms with van der Waals surface area (Å²) in [6.07, 6.45) is 16.7. The molecule has 168 valence electrons. The van der Waals surface area contributed by atoms with Gasteiger partial charge < -0.3 is 9.47 Å². The van der Waals surface area contributed by atoms with E-state index in [1.165, 1.54) is 64.2 Å². The van der Waals surface area contributed by atoms with E-state index in [9.17, 15) is 8.42 Å². The lowest BCUT2D eigenvalue weighted by atomic mass is 9.99. The lowest BCUT2D eigenvalue weighted by Crippen LogP contribution is -2.49. The van der Waals surface area contributed by atoms with Crippen LogP contribution in [0, 0.1) is 0 Å². The Morgan fingerprint density at radius 2 is 1.43 bits per heavy atom. The van der Waals surface area contributed by atoms with Gasteiger partial charge in [-0.25, -0.2) is 0 Å². The van der Waals surface area contributed by atoms with Crippen LogP contribution in [-0.2, 0) is 23.8 Å². The second kappa shape index (κ2) is 13.2. The fourth-order valence-electron chi connectivity index (χ4n) is 3.99. The van der Waals surface area contributed by atoms with Gasteiger partial charge in [-0.05, 0) is 27.2 Å². The smallest absolute Gasteiger partial charge is 0.264 e. The highest BCUT2D eigenvalue weighted by Gasteiger charge is 2.38. The van der Waals surface area contributed by atoms with E-state index in [2.05, 4.69) is 6.92 Å². The van der Waals surface area contributed by atoms with Crippen molar-refractivity contribution < 1.29 is 22.1 Å². The van der Waals surface area contributed by atoms with Gasteiger partial charge in [-0.3, -0.25) is 4.18 Å². The van der Waals surface area contributed by atoms with Gasteiger partial charge in [-0.1, -0.05) is 77.6 Å². The molecule has 1 saturated heterocycles. The number of hydrogen-bond donors (Lipinski definition) is 0. The SMILES string of the molecule is CCCCCCCCCCCCC[C@H]1C[C@@H]([C@@H](C)OS(C)(=O)=O)OC(C)(C)O1. The zero-order chi connectivity index (χ0) is 21.0. The second-order valence-electron chi connectivity index (χ2n) is 8.86. The maximum atomic E-state index is 11.4. The Hall–Kier alpha value is -0.170. The van der Waals surface area contributed by atoms with Crippen molar-refractivity contribution in [2.24, 2.45) is 0 Å². The zero-order valence-corrected chi connectivity index (χ0v) is 19.7. The van der Waals surface area contributed by atoms with E-state index in [1.54, 1.807) is 6.92 Å². The summed E-state index contributed by atoms with van der Waals surface area (Å²) >= 11 is 0. The average molecular weight is 421 g/mol. The minimum Gasteiger partial charge on any atom is -0.347 e. The van der Waals surface area contributed by atoms with Crippen LogP contribution in [0.1, 0.15) is 111 Å². The molecule has 1 rings (SSSR count). The van der Waals surface area contributed by atoms with Crippen LogP contribution in [0.15, 0.2) is 0 Å². The summed E-state index contributed by atoms with van der Waals surface area (Å²) in [5.74, 6) is -0.708. The van der Waals surface area contributed by atoms with Crippen molar-refractivity contribution in [2.75, 3.05) is 6.26 Å². The van der Waals surface area contributed by atoms with E-state index in [1.807, 2.05) is 13.8 Å². The summed E-state index contributed by atoms with van der Waals surface area (Å²) in [6, 6.07) is 0. The first-order chi connectivity index (χ1) is 13.1. The van der Waals surface area contributed by atoms with Gasteiger partial charge in [0, 0.05) is 6.42 Å². The van der Waals surface area contributed by atoms with Crippen LogP contribution in [0.3, 0.4) is 0 Å². The molecular weight excluding hydrogens is 376 g/mol. The Balaban J connectivity index is 2.19. The molecule has 1 aliphatic heterocycles. The topological polar surface area (TPSA) is 61.8 Å². The zero-order valence-electron chi connectivity index (χ0n) is 18.9. The molecule has 28 heavy (non-hydrogen) atoms. The summed E-state index contributed by atoms with van der Waals surface area (Å²) in [6.45, 7) is 7.79. The molecule has 0 N–H and O–H groups in total. The lowest BCUT2D eigenvalue weighted by molar-refractivity contribution is -0.310. The minimum absolute atomic E-state index is 0.0953. The Kier molecular flexibility index (Phi) is 12.2.